The van der Waals surface area contributed by atoms with Crippen LogP contribution in [0.2, 0.25) is 0 Å². The predicted molar refractivity (Wildman–Crippen MR) is 99.3 cm³/mol. The van der Waals surface area contributed by atoms with E-state index in [2.05, 4.69) is 15.3 Å². The maximum Gasteiger partial charge on any atom is 0.274 e. The van der Waals surface area contributed by atoms with Gasteiger partial charge in [-0.1, -0.05) is 18.2 Å². The number of fused-ring (bicyclic) bond motifs is 3. The van der Waals surface area contributed by atoms with Crippen molar-refractivity contribution < 1.29 is 9.53 Å². The largest absolute Gasteiger partial charge is 0.497 e. The Morgan fingerprint density at radius 2 is 1.76 bits per heavy atom. The zero-order chi connectivity index (χ0) is 17.4. The second-order valence-corrected chi connectivity index (χ2v) is 5.93. The number of hydrogen-bond donors (Lipinski definition) is 2. The number of benzene rings is 2. The number of ether oxygens (including phenoxy) is 1. The molecular formula is C20H17N3O2. The van der Waals surface area contributed by atoms with Crippen LogP contribution < -0.4 is 10.1 Å². The molecule has 4 rings (SSSR count). The number of aryl methyl sites for hydroxylation is 1. The Kier molecular flexibility index (Phi) is 3.61. The molecule has 0 atom stereocenters. The van der Waals surface area contributed by atoms with E-state index in [-0.39, 0.29) is 5.91 Å². The number of nitrogens with zero attached hydrogens (tertiary/aromatic N) is 1. The molecule has 124 valence electrons. The second-order valence-electron chi connectivity index (χ2n) is 5.93. The fourth-order valence-corrected chi connectivity index (χ4v) is 2.87. The maximum atomic E-state index is 12.5. The minimum atomic E-state index is -0.234. The van der Waals surface area contributed by atoms with Crippen LogP contribution in [0.3, 0.4) is 0 Å². The molecule has 1 amide bonds. The number of anilines is 1. The third kappa shape index (κ3) is 2.80. The summed E-state index contributed by atoms with van der Waals surface area (Å²) in [5.74, 6) is 0.509. The number of nitrogens with one attached hydrogen (secondary N) is 2. The van der Waals surface area contributed by atoms with Gasteiger partial charge in [0.05, 0.1) is 18.1 Å². The third-order valence-electron chi connectivity index (χ3n) is 4.18. The molecule has 0 unspecified atom stereocenters. The van der Waals surface area contributed by atoms with Crippen molar-refractivity contribution in [2.75, 3.05) is 12.4 Å². The van der Waals surface area contributed by atoms with Crippen molar-refractivity contribution in [2.24, 2.45) is 0 Å². The van der Waals surface area contributed by atoms with Gasteiger partial charge in [0.15, 0.2) is 0 Å². The molecular weight excluding hydrogens is 314 g/mol. The maximum absolute atomic E-state index is 12.5. The van der Waals surface area contributed by atoms with Gasteiger partial charge in [-0.3, -0.25) is 4.79 Å². The van der Waals surface area contributed by atoms with Gasteiger partial charge in [-0.25, -0.2) is 4.98 Å². The molecule has 2 aromatic carbocycles. The Bertz CT molecular complexity index is 1080. The Morgan fingerprint density at radius 3 is 2.52 bits per heavy atom. The summed E-state index contributed by atoms with van der Waals surface area (Å²) in [5.41, 5.74) is 3.90. The van der Waals surface area contributed by atoms with Gasteiger partial charge in [0.2, 0.25) is 0 Å². The molecule has 25 heavy (non-hydrogen) atoms. The molecule has 5 heteroatoms. The fourth-order valence-electron chi connectivity index (χ4n) is 2.87. The minimum Gasteiger partial charge on any atom is -0.497 e. The number of carbonyl (C=O) groups is 1. The van der Waals surface area contributed by atoms with Crippen molar-refractivity contribution in [3.05, 3.63) is 66.0 Å². The second kappa shape index (κ2) is 5.94. The lowest BCUT2D eigenvalue weighted by Gasteiger charge is -2.04. The highest BCUT2D eigenvalue weighted by atomic mass is 16.5. The lowest BCUT2D eigenvalue weighted by molar-refractivity contribution is 0.102. The summed E-state index contributed by atoms with van der Waals surface area (Å²) >= 11 is 0. The molecule has 5 nitrogen and oxygen atoms in total. The average Bonchev–Trinajstić information content (AvgIpc) is 3.07. The summed E-state index contributed by atoms with van der Waals surface area (Å²) in [6.45, 7) is 2.00. The van der Waals surface area contributed by atoms with Gasteiger partial charge in [-0.15, -0.1) is 0 Å². The highest BCUT2D eigenvalue weighted by molar-refractivity contribution is 6.10. The van der Waals surface area contributed by atoms with Crippen molar-refractivity contribution in [1.82, 2.24) is 9.97 Å². The zero-order valence-electron chi connectivity index (χ0n) is 14.0. The van der Waals surface area contributed by atoms with Crippen LogP contribution in [0, 0.1) is 6.92 Å². The van der Waals surface area contributed by atoms with Crippen LogP contribution >= 0.6 is 0 Å². The first-order valence-corrected chi connectivity index (χ1v) is 7.98. The smallest absolute Gasteiger partial charge is 0.274 e. The lowest BCUT2D eigenvalue weighted by atomic mass is 10.1. The van der Waals surface area contributed by atoms with E-state index in [0.717, 1.165) is 33.2 Å². The quantitative estimate of drug-likeness (QED) is 0.588. The Labute approximate surface area is 144 Å². The number of hydrogen-bond acceptors (Lipinski definition) is 3. The fraction of sp³-hybridized carbons (Fsp3) is 0.100. The van der Waals surface area contributed by atoms with Crippen LogP contribution in [0.25, 0.3) is 21.8 Å². The first-order chi connectivity index (χ1) is 12.1. The standard InChI is InChI=1S/C20H17N3O2/c1-12-3-4-13-5-6-14-11-17(23-19(14)18(13)21-12)20(24)22-15-7-9-16(25-2)10-8-15/h3-11,21H,1-2H3,(H,22,24). The van der Waals surface area contributed by atoms with Crippen molar-refractivity contribution in [3.8, 4) is 5.75 Å². The van der Waals surface area contributed by atoms with E-state index in [1.807, 2.05) is 37.3 Å². The van der Waals surface area contributed by atoms with Crippen LogP contribution in [-0.4, -0.2) is 23.0 Å². The molecule has 0 saturated heterocycles. The van der Waals surface area contributed by atoms with Gasteiger partial charge in [0.1, 0.15) is 11.4 Å². The number of aromatic nitrogens is 2. The topological polar surface area (TPSA) is 67.0 Å². The van der Waals surface area contributed by atoms with Crippen LogP contribution in [0.5, 0.6) is 5.75 Å². The monoisotopic (exact) mass is 331 g/mol. The van der Waals surface area contributed by atoms with E-state index in [1.165, 1.54) is 0 Å². The van der Waals surface area contributed by atoms with Gasteiger partial charge in [0, 0.05) is 22.2 Å². The van der Waals surface area contributed by atoms with Crippen molar-refractivity contribution in [1.29, 1.82) is 0 Å². The van der Waals surface area contributed by atoms with Crippen LogP contribution in [-0.2, 0) is 0 Å². The highest BCUT2D eigenvalue weighted by Crippen LogP contribution is 2.25. The minimum absolute atomic E-state index is 0.234. The predicted octanol–water partition coefficient (Wildman–Crippen LogP) is 4.29. The SMILES string of the molecule is COc1ccc(NC(=O)c2cc3ccc4ccc(C)[nH]c4c3n2)cc1. The molecule has 0 spiro atoms. The summed E-state index contributed by atoms with van der Waals surface area (Å²) < 4.78 is 5.12. The summed E-state index contributed by atoms with van der Waals surface area (Å²) in [4.78, 5) is 20.4. The summed E-state index contributed by atoms with van der Waals surface area (Å²) in [6.07, 6.45) is 0. The Morgan fingerprint density at radius 1 is 1.04 bits per heavy atom. The average molecular weight is 331 g/mol. The zero-order valence-corrected chi connectivity index (χ0v) is 14.0. The van der Waals surface area contributed by atoms with Gasteiger partial charge in [-0.05, 0) is 43.3 Å². The molecule has 4 aromatic rings. The number of carbonyl (C=O) groups excluding carboxylic acids is 1. The van der Waals surface area contributed by atoms with Crippen molar-refractivity contribution >= 4 is 33.4 Å². The highest BCUT2D eigenvalue weighted by Gasteiger charge is 2.13. The molecule has 0 bridgehead atoms. The van der Waals surface area contributed by atoms with E-state index in [4.69, 9.17) is 4.74 Å². The van der Waals surface area contributed by atoms with Gasteiger partial charge in [-0.2, -0.15) is 0 Å². The van der Waals surface area contributed by atoms with Crippen molar-refractivity contribution in [3.63, 3.8) is 0 Å². The molecule has 0 aliphatic heterocycles. The van der Waals surface area contributed by atoms with Gasteiger partial charge in [0.25, 0.3) is 5.91 Å². The van der Waals surface area contributed by atoms with Crippen LogP contribution in [0.15, 0.2) is 54.6 Å². The van der Waals surface area contributed by atoms with Crippen molar-refractivity contribution in [2.45, 2.75) is 6.92 Å². The van der Waals surface area contributed by atoms with E-state index in [0.29, 0.717) is 11.4 Å². The van der Waals surface area contributed by atoms with E-state index in [9.17, 15) is 4.79 Å². The normalized spacial score (nSPS) is 11.0. The van der Waals surface area contributed by atoms with E-state index < -0.39 is 0 Å². The molecule has 0 radical (unpaired) electrons. The molecule has 0 fully saturated rings. The molecule has 0 saturated carbocycles. The first-order valence-electron chi connectivity index (χ1n) is 7.98. The number of aromatic amines is 1. The lowest BCUT2D eigenvalue weighted by Crippen LogP contribution is -2.12. The number of pyridine rings is 1. The van der Waals surface area contributed by atoms with Crippen LogP contribution in [0.1, 0.15) is 16.2 Å². The summed E-state index contributed by atoms with van der Waals surface area (Å²) in [7, 11) is 1.61. The van der Waals surface area contributed by atoms with Crippen LogP contribution in [0.4, 0.5) is 5.69 Å². The molecule has 2 heterocycles. The Balaban J connectivity index is 1.69. The van der Waals surface area contributed by atoms with E-state index in [1.54, 1.807) is 31.4 Å². The summed E-state index contributed by atoms with van der Waals surface area (Å²) in [5, 5.41) is 4.87. The van der Waals surface area contributed by atoms with E-state index >= 15 is 0 Å². The number of rotatable bonds is 3. The van der Waals surface area contributed by atoms with Gasteiger partial charge < -0.3 is 15.0 Å². The molecule has 0 aliphatic rings. The van der Waals surface area contributed by atoms with Gasteiger partial charge >= 0.3 is 0 Å². The third-order valence-corrected chi connectivity index (χ3v) is 4.18. The summed E-state index contributed by atoms with van der Waals surface area (Å²) in [6, 6.07) is 17.1. The molecule has 0 aliphatic carbocycles. The number of H-pyrrole nitrogens is 1. The number of amides is 1. The first kappa shape index (κ1) is 15.2. The number of methoxy groups -OCH3 is 1. The molecule has 2 N–H and O–H groups in total. The molecule has 2 aromatic heterocycles. The Hall–Kier alpha value is -3.34.